The van der Waals surface area contributed by atoms with Crippen LogP contribution in [0.15, 0.2) is 4.99 Å². The third kappa shape index (κ3) is 6.92. The number of ether oxygens (including phenoxy) is 1. The predicted octanol–water partition coefficient (Wildman–Crippen LogP) is 0.611. The molecule has 0 aromatic carbocycles. The maximum Gasteiger partial charge on any atom is 0.191 e. The van der Waals surface area contributed by atoms with Gasteiger partial charge in [-0.3, -0.25) is 9.80 Å². The van der Waals surface area contributed by atoms with E-state index < -0.39 is 0 Å². The lowest BCUT2D eigenvalue weighted by Gasteiger charge is -2.28. The molecular formula is C21H40N8O. The molecule has 1 atom stereocenters. The molecule has 0 aliphatic carbocycles. The molecule has 2 fully saturated rings. The predicted molar refractivity (Wildman–Crippen MR) is 120 cm³/mol. The van der Waals surface area contributed by atoms with Crippen molar-refractivity contribution >= 4 is 5.96 Å². The Hall–Kier alpha value is -1.71. The summed E-state index contributed by atoms with van der Waals surface area (Å²) in [7, 11) is 1.99. The maximum atomic E-state index is 5.44. The van der Waals surface area contributed by atoms with Crippen LogP contribution in [0.5, 0.6) is 0 Å². The molecule has 2 saturated heterocycles. The molecule has 9 nitrogen and oxygen atoms in total. The molecule has 2 N–H and O–H groups in total. The van der Waals surface area contributed by atoms with Crippen molar-refractivity contribution in [2.45, 2.75) is 46.2 Å². The monoisotopic (exact) mass is 420 g/mol. The van der Waals surface area contributed by atoms with Crippen LogP contribution in [-0.2, 0) is 18.3 Å². The summed E-state index contributed by atoms with van der Waals surface area (Å²) in [5.74, 6) is 3.35. The van der Waals surface area contributed by atoms with Gasteiger partial charge in [-0.05, 0) is 32.2 Å². The second-order valence-electron chi connectivity index (χ2n) is 8.83. The second kappa shape index (κ2) is 11.6. The van der Waals surface area contributed by atoms with Crippen molar-refractivity contribution in [2.75, 3.05) is 59.0 Å². The van der Waals surface area contributed by atoms with Crippen molar-refractivity contribution in [3.05, 3.63) is 11.6 Å². The lowest BCUT2D eigenvalue weighted by Crippen LogP contribution is -2.48. The van der Waals surface area contributed by atoms with E-state index in [2.05, 4.69) is 44.5 Å². The summed E-state index contributed by atoms with van der Waals surface area (Å²) in [6, 6.07) is 0.579. The minimum Gasteiger partial charge on any atom is -0.379 e. The fourth-order valence-electron chi connectivity index (χ4n) is 4.12. The molecule has 170 valence electrons. The summed E-state index contributed by atoms with van der Waals surface area (Å²) in [6.45, 7) is 15.9. The van der Waals surface area contributed by atoms with E-state index in [9.17, 15) is 0 Å². The van der Waals surface area contributed by atoms with E-state index in [1.807, 2.05) is 18.5 Å². The molecule has 1 aromatic heterocycles. The van der Waals surface area contributed by atoms with E-state index in [-0.39, 0.29) is 0 Å². The van der Waals surface area contributed by atoms with Crippen molar-refractivity contribution in [1.82, 2.24) is 35.2 Å². The quantitative estimate of drug-likeness (QED) is 0.447. The van der Waals surface area contributed by atoms with Crippen LogP contribution in [0.4, 0.5) is 0 Å². The molecular weight excluding hydrogens is 380 g/mol. The number of aryl methyl sites for hydroxylation is 1. The fourth-order valence-corrected chi connectivity index (χ4v) is 4.12. The van der Waals surface area contributed by atoms with Crippen molar-refractivity contribution < 1.29 is 4.74 Å². The number of hydrogen-bond acceptors (Lipinski definition) is 6. The van der Waals surface area contributed by atoms with Crippen LogP contribution < -0.4 is 10.6 Å². The van der Waals surface area contributed by atoms with Crippen molar-refractivity contribution in [3.63, 3.8) is 0 Å². The van der Waals surface area contributed by atoms with Gasteiger partial charge in [-0.25, -0.2) is 4.99 Å². The number of aromatic nitrogens is 3. The third-order valence-corrected chi connectivity index (χ3v) is 5.99. The van der Waals surface area contributed by atoms with Crippen molar-refractivity contribution in [2.24, 2.45) is 18.0 Å². The highest BCUT2D eigenvalue weighted by molar-refractivity contribution is 5.79. The Kier molecular flexibility index (Phi) is 8.89. The molecule has 2 aliphatic heterocycles. The molecule has 0 bridgehead atoms. The van der Waals surface area contributed by atoms with Crippen LogP contribution in [0.2, 0.25) is 0 Å². The fraction of sp³-hybridized carbons (Fsp3) is 0.857. The van der Waals surface area contributed by atoms with E-state index >= 15 is 0 Å². The van der Waals surface area contributed by atoms with E-state index in [1.54, 1.807) is 0 Å². The smallest absolute Gasteiger partial charge is 0.191 e. The lowest BCUT2D eigenvalue weighted by molar-refractivity contribution is 0.0389. The van der Waals surface area contributed by atoms with Crippen LogP contribution in [0.25, 0.3) is 0 Å². The highest BCUT2D eigenvalue weighted by Gasteiger charge is 2.25. The van der Waals surface area contributed by atoms with Crippen molar-refractivity contribution in [3.8, 4) is 0 Å². The molecule has 0 radical (unpaired) electrons. The molecule has 1 aromatic rings. The molecule has 0 spiro atoms. The number of rotatable bonds is 9. The number of aliphatic imine (C=N–C) groups is 1. The molecule has 9 heteroatoms. The minimum atomic E-state index is 0.518. The van der Waals surface area contributed by atoms with Gasteiger partial charge in [0.2, 0.25) is 0 Å². The van der Waals surface area contributed by atoms with Gasteiger partial charge in [0.1, 0.15) is 12.4 Å². The van der Waals surface area contributed by atoms with Crippen LogP contribution >= 0.6 is 0 Å². The second-order valence-corrected chi connectivity index (χ2v) is 8.83. The van der Waals surface area contributed by atoms with Gasteiger partial charge >= 0.3 is 0 Å². The zero-order valence-corrected chi connectivity index (χ0v) is 19.2. The van der Waals surface area contributed by atoms with E-state index in [0.29, 0.717) is 18.5 Å². The van der Waals surface area contributed by atoms with Gasteiger partial charge in [-0.1, -0.05) is 13.8 Å². The Labute approximate surface area is 181 Å². The topological polar surface area (TPSA) is 82.8 Å². The number of likely N-dealkylation sites (tertiary alicyclic amines) is 1. The number of morpholine rings is 1. The Balaban J connectivity index is 1.55. The average molecular weight is 421 g/mol. The minimum absolute atomic E-state index is 0.518. The van der Waals surface area contributed by atoms with Gasteiger partial charge in [0.15, 0.2) is 11.8 Å². The van der Waals surface area contributed by atoms with Gasteiger partial charge in [0.25, 0.3) is 0 Å². The van der Waals surface area contributed by atoms with Crippen LogP contribution in [0.3, 0.4) is 0 Å². The Morgan fingerprint density at radius 2 is 2.00 bits per heavy atom. The maximum absolute atomic E-state index is 5.44. The van der Waals surface area contributed by atoms with E-state index in [0.717, 1.165) is 63.5 Å². The largest absolute Gasteiger partial charge is 0.379 e. The van der Waals surface area contributed by atoms with Gasteiger partial charge in [0, 0.05) is 52.4 Å². The van der Waals surface area contributed by atoms with E-state index in [4.69, 9.17) is 9.73 Å². The zero-order chi connectivity index (χ0) is 21.3. The molecule has 0 unspecified atom stereocenters. The SMILES string of the molecule is Cc1nnc(CN=C(NCCN2CCOCC2)NC[C@H]2CCCN2CC(C)C)n1C. The molecule has 3 rings (SSSR count). The Morgan fingerprint density at radius 3 is 2.70 bits per heavy atom. The van der Waals surface area contributed by atoms with Crippen LogP contribution in [-0.4, -0.2) is 95.6 Å². The normalized spacial score (nSPS) is 21.5. The molecule has 3 heterocycles. The van der Waals surface area contributed by atoms with Gasteiger partial charge in [-0.15, -0.1) is 10.2 Å². The lowest BCUT2D eigenvalue weighted by atomic mass is 10.1. The zero-order valence-electron chi connectivity index (χ0n) is 19.2. The summed E-state index contributed by atoms with van der Waals surface area (Å²) in [6.07, 6.45) is 2.54. The molecule has 0 amide bonds. The Bertz CT molecular complexity index is 668. The summed E-state index contributed by atoms with van der Waals surface area (Å²) in [5, 5.41) is 15.5. The first kappa shape index (κ1) is 23.0. The molecule has 30 heavy (non-hydrogen) atoms. The average Bonchev–Trinajstić information content (AvgIpc) is 3.30. The van der Waals surface area contributed by atoms with E-state index in [1.165, 1.54) is 25.9 Å². The first-order valence-corrected chi connectivity index (χ1v) is 11.4. The standard InChI is InChI=1S/C21H40N8O/c1-17(2)16-29-8-5-6-19(29)14-23-21(22-7-9-28-10-12-30-13-11-28)24-15-20-26-25-18(3)27(20)4/h17,19H,5-16H2,1-4H3,(H2,22,23,24)/t19-/m1/s1. The van der Waals surface area contributed by atoms with Gasteiger partial charge in [0.05, 0.1) is 13.2 Å². The summed E-state index contributed by atoms with van der Waals surface area (Å²) in [5.41, 5.74) is 0. The highest BCUT2D eigenvalue weighted by atomic mass is 16.5. The summed E-state index contributed by atoms with van der Waals surface area (Å²) < 4.78 is 7.44. The van der Waals surface area contributed by atoms with Crippen LogP contribution in [0, 0.1) is 12.8 Å². The summed E-state index contributed by atoms with van der Waals surface area (Å²) >= 11 is 0. The Morgan fingerprint density at radius 1 is 1.20 bits per heavy atom. The van der Waals surface area contributed by atoms with Gasteiger partial charge < -0.3 is 19.9 Å². The highest BCUT2D eigenvalue weighted by Crippen LogP contribution is 2.17. The number of nitrogens with one attached hydrogen (secondary N) is 2. The van der Waals surface area contributed by atoms with Crippen LogP contribution in [0.1, 0.15) is 38.3 Å². The number of guanidine groups is 1. The van der Waals surface area contributed by atoms with Crippen molar-refractivity contribution in [1.29, 1.82) is 0 Å². The third-order valence-electron chi connectivity index (χ3n) is 5.99. The molecule has 2 aliphatic rings. The first-order valence-electron chi connectivity index (χ1n) is 11.4. The number of hydrogen-bond donors (Lipinski definition) is 2. The van der Waals surface area contributed by atoms with Gasteiger partial charge in [-0.2, -0.15) is 0 Å². The first-order chi connectivity index (χ1) is 14.5. The molecule has 0 saturated carbocycles. The summed E-state index contributed by atoms with van der Waals surface area (Å²) in [4.78, 5) is 9.86. The number of nitrogens with zero attached hydrogens (tertiary/aromatic N) is 6.